The fourth-order valence-electron chi connectivity index (χ4n) is 1.94. The minimum atomic E-state index is 0.480. The lowest BCUT2D eigenvalue weighted by Crippen LogP contribution is -1.95. The minimum Gasteiger partial charge on any atom is -0.436 e. The Labute approximate surface area is 125 Å². The van der Waals surface area contributed by atoms with Gasteiger partial charge < -0.3 is 10.5 Å². The van der Waals surface area contributed by atoms with E-state index in [4.69, 9.17) is 22.1 Å². The average molecular weight is 306 g/mol. The van der Waals surface area contributed by atoms with E-state index in [1.807, 2.05) is 6.92 Å². The fourth-order valence-corrected chi connectivity index (χ4v) is 3.11. The molecule has 0 aliphatic rings. The van der Waals surface area contributed by atoms with Crippen LogP contribution in [0.4, 0.5) is 5.69 Å². The fraction of sp³-hybridized carbons (Fsp3) is 0.143. The zero-order valence-electron chi connectivity index (χ0n) is 11.0. The van der Waals surface area contributed by atoms with Gasteiger partial charge in [0.15, 0.2) is 5.75 Å². The Kier molecular flexibility index (Phi) is 3.23. The number of aryl methyl sites for hydroxylation is 2. The zero-order valence-corrected chi connectivity index (χ0v) is 12.5. The van der Waals surface area contributed by atoms with Crippen LogP contribution in [-0.2, 0) is 0 Å². The second-order valence-corrected chi connectivity index (χ2v) is 6.07. The van der Waals surface area contributed by atoms with Crippen LogP contribution in [0.5, 0.6) is 11.6 Å². The predicted octanol–water partition coefficient (Wildman–Crippen LogP) is 4.34. The maximum absolute atomic E-state index is 5.91. The first kappa shape index (κ1) is 13.1. The summed E-state index contributed by atoms with van der Waals surface area (Å²) in [7, 11) is 0. The van der Waals surface area contributed by atoms with Gasteiger partial charge in [-0.2, -0.15) is 0 Å². The first-order chi connectivity index (χ1) is 9.56. The third kappa shape index (κ3) is 2.19. The number of halogens is 1. The first-order valence-electron chi connectivity index (χ1n) is 6.00. The molecule has 0 fully saturated rings. The minimum absolute atomic E-state index is 0.480. The Morgan fingerprint density at radius 3 is 2.80 bits per heavy atom. The van der Waals surface area contributed by atoms with Crippen molar-refractivity contribution in [3.8, 4) is 11.6 Å². The number of benzene rings is 1. The van der Waals surface area contributed by atoms with Gasteiger partial charge in [-0.05, 0) is 37.6 Å². The zero-order chi connectivity index (χ0) is 14.3. The molecule has 0 atom stereocenters. The van der Waals surface area contributed by atoms with E-state index >= 15 is 0 Å². The van der Waals surface area contributed by atoms with Crippen molar-refractivity contribution in [3.05, 3.63) is 40.0 Å². The molecular weight excluding hydrogens is 294 g/mol. The largest absolute Gasteiger partial charge is 0.436 e. The Hall–Kier alpha value is -1.85. The van der Waals surface area contributed by atoms with E-state index in [2.05, 4.69) is 16.9 Å². The number of nitrogen functional groups attached to an aromatic ring is 1. The van der Waals surface area contributed by atoms with E-state index in [1.165, 1.54) is 11.2 Å². The second-order valence-electron chi connectivity index (χ2n) is 4.43. The monoisotopic (exact) mass is 305 g/mol. The number of fused-ring (bicyclic) bond motifs is 1. The lowest BCUT2D eigenvalue weighted by Gasteiger charge is -2.08. The molecule has 102 valence electrons. The van der Waals surface area contributed by atoms with Crippen LogP contribution in [0.2, 0.25) is 5.02 Å². The maximum Gasteiger partial charge on any atom is 0.231 e. The summed E-state index contributed by atoms with van der Waals surface area (Å²) in [4.78, 5) is 10.6. The van der Waals surface area contributed by atoms with Crippen LogP contribution in [0, 0.1) is 13.8 Å². The number of thiophene rings is 1. The summed E-state index contributed by atoms with van der Waals surface area (Å²) >= 11 is 7.51. The summed E-state index contributed by atoms with van der Waals surface area (Å²) in [5.41, 5.74) is 7.52. The molecule has 0 spiro atoms. The molecule has 20 heavy (non-hydrogen) atoms. The van der Waals surface area contributed by atoms with E-state index in [0.717, 1.165) is 15.8 Å². The number of hydrogen-bond donors (Lipinski definition) is 1. The summed E-state index contributed by atoms with van der Waals surface area (Å²) in [5, 5.41) is 1.51. The molecule has 0 aliphatic carbocycles. The van der Waals surface area contributed by atoms with Gasteiger partial charge in [-0.1, -0.05) is 11.6 Å². The SMILES string of the molecule is Cc1sc2ncnc(Oc3ccc(Cl)cc3N)c2c1C. The molecule has 0 amide bonds. The molecule has 4 nitrogen and oxygen atoms in total. The van der Waals surface area contributed by atoms with E-state index in [1.54, 1.807) is 29.5 Å². The topological polar surface area (TPSA) is 61.0 Å². The van der Waals surface area contributed by atoms with Crippen molar-refractivity contribution < 1.29 is 4.74 Å². The number of ether oxygens (including phenoxy) is 1. The highest BCUT2D eigenvalue weighted by atomic mass is 35.5. The summed E-state index contributed by atoms with van der Waals surface area (Å²) in [6.45, 7) is 4.09. The van der Waals surface area contributed by atoms with Gasteiger partial charge in [0, 0.05) is 9.90 Å². The molecule has 2 heterocycles. The third-order valence-electron chi connectivity index (χ3n) is 3.11. The van der Waals surface area contributed by atoms with E-state index < -0.39 is 0 Å². The Morgan fingerprint density at radius 2 is 2.05 bits per heavy atom. The van der Waals surface area contributed by atoms with Crippen LogP contribution in [0.25, 0.3) is 10.2 Å². The molecule has 6 heteroatoms. The van der Waals surface area contributed by atoms with Crippen LogP contribution in [0.1, 0.15) is 10.4 Å². The van der Waals surface area contributed by atoms with Gasteiger partial charge in [0.05, 0.1) is 11.1 Å². The quantitative estimate of drug-likeness (QED) is 0.716. The highest BCUT2D eigenvalue weighted by molar-refractivity contribution is 7.18. The Balaban J connectivity index is 2.11. The number of nitrogens with two attached hydrogens (primary N) is 1. The lowest BCUT2D eigenvalue weighted by atomic mass is 10.2. The van der Waals surface area contributed by atoms with Crippen LogP contribution in [0.15, 0.2) is 24.5 Å². The van der Waals surface area contributed by atoms with Crippen LogP contribution in [-0.4, -0.2) is 9.97 Å². The first-order valence-corrected chi connectivity index (χ1v) is 7.19. The van der Waals surface area contributed by atoms with Crippen LogP contribution < -0.4 is 10.5 Å². The second kappa shape index (κ2) is 4.92. The summed E-state index contributed by atoms with van der Waals surface area (Å²) < 4.78 is 5.84. The number of rotatable bonds is 2. The molecule has 0 saturated heterocycles. The molecule has 2 aromatic heterocycles. The number of hydrogen-bond acceptors (Lipinski definition) is 5. The molecule has 0 saturated carbocycles. The van der Waals surface area contributed by atoms with Gasteiger partial charge in [0.25, 0.3) is 0 Å². The highest BCUT2D eigenvalue weighted by Gasteiger charge is 2.14. The standard InChI is InChI=1S/C14H12ClN3OS/c1-7-8(2)20-14-12(7)13(17-6-18-14)19-11-4-3-9(15)5-10(11)16/h3-6H,16H2,1-2H3. The van der Waals surface area contributed by atoms with Gasteiger partial charge in [0.1, 0.15) is 11.2 Å². The average Bonchev–Trinajstić information content (AvgIpc) is 2.69. The van der Waals surface area contributed by atoms with Crippen LogP contribution >= 0.6 is 22.9 Å². The molecule has 3 rings (SSSR count). The smallest absolute Gasteiger partial charge is 0.231 e. The summed E-state index contributed by atoms with van der Waals surface area (Å²) in [6.07, 6.45) is 1.50. The summed E-state index contributed by atoms with van der Waals surface area (Å²) in [6, 6.07) is 5.12. The Bertz CT molecular complexity index is 800. The van der Waals surface area contributed by atoms with E-state index in [0.29, 0.717) is 22.3 Å². The molecule has 3 aromatic rings. The van der Waals surface area contributed by atoms with Crippen molar-refractivity contribution in [1.82, 2.24) is 9.97 Å². The van der Waals surface area contributed by atoms with Crippen molar-refractivity contribution in [2.24, 2.45) is 0 Å². The van der Waals surface area contributed by atoms with Crippen LogP contribution in [0.3, 0.4) is 0 Å². The molecule has 2 N–H and O–H groups in total. The molecule has 0 aliphatic heterocycles. The van der Waals surface area contributed by atoms with Crippen molar-refractivity contribution >= 4 is 38.8 Å². The normalized spacial score (nSPS) is 10.9. The van der Waals surface area contributed by atoms with E-state index in [9.17, 15) is 0 Å². The van der Waals surface area contributed by atoms with Gasteiger partial charge in [0.2, 0.25) is 5.88 Å². The lowest BCUT2D eigenvalue weighted by molar-refractivity contribution is 0.470. The molecular formula is C14H12ClN3OS. The third-order valence-corrected chi connectivity index (χ3v) is 4.46. The Morgan fingerprint density at radius 1 is 1.25 bits per heavy atom. The van der Waals surface area contributed by atoms with Crippen molar-refractivity contribution in [1.29, 1.82) is 0 Å². The number of aromatic nitrogens is 2. The number of nitrogens with zero attached hydrogens (tertiary/aromatic N) is 2. The van der Waals surface area contributed by atoms with Crippen molar-refractivity contribution in [3.63, 3.8) is 0 Å². The molecule has 1 aromatic carbocycles. The van der Waals surface area contributed by atoms with Crippen molar-refractivity contribution in [2.75, 3.05) is 5.73 Å². The molecule has 0 bridgehead atoms. The highest BCUT2D eigenvalue weighted by Crippen LogP contribution is 2.37. The number of anilines is 1. The van der Waals surface area contributed by atoms with Gasteiger partial charge in [-0.25, -0.2) is 9.97 Å². The van der Waals surface area contributed by atoms with E-state index in [-0.39, 0.29) is 0 Å². The maximum atomic E-state index is 5.91. The predicted molar refractivity (Wildman–Crippen MR) is 82.8 cm³/mol. The molecule has 0 radical (unpaired) electrons. The van der Waals surface area contributed by atoms with Crippen molar-refractivity contribution in [2.45, 2.75) is 13.8 Å². The summed E-state index contributed by atoms with van der Waals surface area (Å²) in [5.74, 6) is 1.06. The molecule has 0 unspecified atom stereocenters. The van der Waals surface area contributed by atoms with Gasteiger partial charge in [-0.15, -0.1) is 11.3 Å². The van der Waals surface area contributed by atoms with Gasteiger partial charge >= 0.3 is 0 Å². The van der Waals surface area contributed by atoms with Gasteiger partial charge in [-0.3, -0.25) is 0 Å².